The van der Waals surface area contributed by atoms with E-state index in [-0.39, 0.29) is 30.3 Å². The molecule has 1 heterocycles. The maximum absolute atomic E-state index is 12.9. The molecule has 2 N–H and O–H groups in total. The third-order valence-corrected chi connectivity index (χ3v) is 2.18. The van der Waals surface area contributed by atoms with Crippen molar-refractivity contribution in [2.24, 2.45) is 0 Å². The summed E-state index contributed by atoms with van der Waals surface area (Å²) in [7, 11) is 1.21. The largest absolute Gasteiger partial charge is 0.481 e. The van der Waals surface area contributed by atoms with Crippen molar-refractivity contribution in [3.8, 4) is 5.88 Å². The van der Waals surface area contributed by atoms with Gasteiger partial charge in [-0.05, 0) is 18.6 Å². The molecule has 0 aliphatic rings. The standard InChI is InChI=1S/C11H14F2N2O3/c1-3-18-8(16)5-6-4-7(14)15-11(17-2)9(6)10(12)13/h4,10H,3,5H2,1-2H3,(H2,14,15). The molecule has 0 aliphatic carbocycles. The van der Waals surface area contributed by atoms with Gasteiger partial charge in [0.05, 0.1) is 25.7 Å². The Balaban J connectivity index is 3.15. The number of esters is 1. The van der Waals surface area contributed by atoms with Crippen LogP contribution in [0.5, 0.6) is 5.88 Å². The number of nitrogens with two attached hydrogens (primary N) is 1. The highest BCUT2D eigenvalue weighted by molar-refractivity contribution is 5.73. The Labute approximate surface area is 103 Å². The van der Waals surface area contributed by atoms with E-state index in [4.69, 9.17) is 15.2 Å². The number of rotatable bonds is 5. The van der Waals surface area contributed by atoms with Gasteiger partial charge in [0.25, 0.3) is 6.43 Å². The average Bonchev–Trinajstić information content (AvgIpc) is 2.27. The number of hydrogen-bond donors (Lipinski definition) is 1. The van der Waals surface area contributed by atoms with E-state index in [1.807, 2.05) is 0 Å². The summed E-state index contributed by atoms with van der Waals surface area (Å²) >= 11 is 0. The van der Waals surface area contributed by atoms with E-state index in [1.165, 1.54) is 13.2 Å². The second kappa shape index (κ2) is 6.13. The van der Waals surface area contributed by atoms with Gasteiger partial charge in [0, 0.05) is 0 Å². The predicted octanol–water partition coefficient (Wildman–Crippen LogP) is 1.72. The number of methoxy groups -OCH3 is 1. The quantitative estimate of drug-likeness (QED) is 0.816. The van der Waals surface area contributed by atoms with Crippen molar-refractivity contribution in [2.75, 3.05) is 19.5 Å². The summed E-state index contributed by atoms with van der Waals surface area (Å²) in [6, 6.07) is 1.22. The van der Waals surface area contributed by atoms with Gasteiger partial charge in [0.2, 0.25) is 5.88 Å². The van der Waals surface area contributed by atoms with E-state index in [0.717, 1.165) is 0 Å². The number of nitrogens with zero attached hydrogens (tertiary/aromatic N) is 1. The fraction of sp³-hybridized carbons (Fsp3) is 0.455. The summed E-state index contributed by atoms with van der Waals surface area (Å²) in [5.74, 6) is -0.869. The molecular weight excluding hydrogens is 246 g/mol. The fourth-order valence-corrected chi connectivity index (χ4v) is 1.51. The van der Waals surface area contributed by atoms with Crippen molar-refractivity contribution in [3.05, 3.63) is 17.2 Å². The molecule has 0 aromatic carbocycles. The fourth-order valence-electron chi connectivity index (χ4n) is 1.51. The molecule has 0 fully saturated rings. The van der Waals surface area contributed by atoms with Gasteiger partial charge in [-0.3, -0.25) is 4.79 Å². The number of aromatic nitrogens is 1. The Kier molecular flexibility index (Phi) is 4.82. The molecule has 0 aliphatic heterocycles. The van der Waals surface area contributed by atoms with Crippen molar-refractivity contribution < 1.29 is 23.0 Å². The third kappa shape index (κ3) is 3.28. The van der Waals surface area contributed by atoms with Gasteiger partial charge in [-0.2, -0.15) is 4.98 Å². The molecule has 0 saturated heterocycles. The number of anilines is 1. The van der Waals surface area contributed by atoms with E-state index < -0.39 is 18.0 Å². The van der Waals surface area contributed by atoms with Crippen molar-refractivity contribution >= 4 is 11.8 Å². The van der Waals surface area contributed by atoms with Crippen molar-refractivity contribution in [1.82, 2.24) is 4.98 Å². The van der Waals surface area contributed by atoms with Crippen molar-refractivity contribution in [2.45, 2.75) is 19.8 Å². The molecule has 0 bridgehead atoms. The molecule has 0 radical (unpaired) electrons. The van der Waals surface area contributed by atoms with Crippen LogP contribution in [0, 0.1) is 0 Å². The van der Waals surface area contributed by atoms with Crippen LogP contribution in [0.3, 0.4) is 0 Å². The van der Waals surface area contributed by atoms with Gasteiger partial charge >= 0.3 is 5.97 Å². The summed E-state index contributed by atoms with van der Waals surface area (Å²) in [4.78, 5) is 15.0. The number of halogens is 2. The van der Waals surface area contributed by atoms with Crippen molar-refractivity contribution in [3.63, 3.8) is 0 Å². The molecule has 0 saturated carbocycles. The van der Waals surface area contributed by atoms with E-state index in [9.17, 15) is 13.6 Å². The number of hydrogen-bond acceptors (Lipinski definition) is 5. The minimum atomic E-state index is -2.81. The zero-order chi connectivity index (χ0) is 13.7. The van der Waals surface area contributed by atoms with Gasteiger partial charge in [0.1, 0.15) is 5.82 Å². The molecule has 1 aromatic heterocycles. The van der Waals surface area contributed by atoms with Crippen LogP contribution < -0.4 is 10.5 Å². The maximum atomic E-state index is 12.9. The first kappa shape index (κ1) is 14.1. The van der Waals surface area contributed by atoms with E-state index in [0.29, 0.717) is 0 Å². The van der Waals surface area contributed by atoms with Gasteiger partial charge in [-0.15, -0.1) is 0 Å². The smallest absolute Gasteiger partial charge is 0.310 e. The zero-order valence-corrected chi connectivity index (χ0v) is 10.1. The topological polar surface area (TPSA) is 74.4 Å². The molecule has 0 spiro atoms. The maximum Gasteiger partial charge on any atom is 0.310 e. The SMILES string of the molecule is CCOC(=O)Cc1cc(N)nc(OC)c1C(F)F. The lowest BCUT2D eigenvalue weighted by atomic mass is 10.1. The number of ether oxygens (including phenoxy) is 2. The molecule has 0 atom stereocenters. The van der Waals surface area contributed by atoms with Gasteiger partial charge in [-0.1, -0.05) is 0 Å². The van der Waals surface area contributed by atoms with Crippen LogP contribution >= 0.6 is 0 Å². The van der Waals surface area contributed by atoms with Crippen molar-refractivity contribution in [1.29, 1.82) is 0 Å². The summed E-state index contributed by atoms with van der Waals surface area (Å²) in [6.07, 6.45) is -3.10. The van der Waals surface area contributed by atoms with E-state index in [1.54, 1.807) is 6.92 Å². The minimum absolute atomic E-state index is 0.00977. The van der Waals surface area contributed by atoms with Crippen LogP contribution in [0.25, 0.3) is 0 Å². The molecule has 0 unspecified atom stereocenters. The molecule has 0 amide bonds. The molecule has 100 valence electrons. The predicted molar refractivity (Wildman–Crippen MR) is 60.5 cm³/mol. The number of alkyl halides is 2. The van der Waals surface area contributed by atoms with Gasteiger partial charge < -0.3 is 15.2 Å². The van der Waals surface area contributed by atoms with E-state index >= 15 is 0 Å². The summed E-state index contributed by atoms with van der Waals surface area (Å²) in [6.45, 7) is 1.81. The van der Waals surface area contributed by atoms with Crippen LogP contribution in [0.15, 0.2) is 6.07 Å². The highest BCUT2D eigenvalue weighted by Crippen LogP contribution is 2.32. The van der Waals surface area contributed by atoms with Crippen LogP contribution in [-0.2, 0) is 16.0 Å². The second-order valence-corrected chi connectivity index (χ2v) is 3.41. The molecule has 1 rings (SSSR count). The molecule has 5 nitrogen and oxygen atoms in total. The minimum Gasteiger partial charge on any atom is -0.481 e. The first-order valence-electron chi connectivity index (χ1n) is 5.26. The lowest BCUT2D eigenvalue weighted by Crippen LogP contribution is -2.12. The van der Waals surface area contributed by atoms with Gasteiger partial charge in [0.15, 0.2) is 0 Å². The summed E-state index contributed by atoms with van der Waals surface area (Å²) < 4.78 is 35.3. The number of nitrogen functional groups attached to an aromatic ring is 1. The molecule has 18 heavy (non-hydrogen) atoms. The lowest BCUT2D eigenvalue weighted by molar-refractivity contribution is -0.142. The Hall–Kier alpha value is -1.92. The zero-order valence-electron chi connectivity index (χ0n) is 10.1. The Morgan fingerprint density at radius 3 is 2.72 bits per heavy atom. The summed E-state index contributed by atoms with van der Waals surface area (Å²) in [5, 5.41) is 0. The number of pyridine rings is 1. The molecule has 7 heteroatoms. The second-order valence-electron chi connectivity index (χ2n) is 3.41. The number of carbonyl (C=O) groups excluding carboxylic acids is 1. The first-order chi connectivity index (χ1) is 8.49. The highest BCUT2D eigenvalue weighted by Gasteiger charge is 2.23. The highest BCUT2D eigenvalue weighted by atomic mass is 19.3. The lowest BCUT2D eigenvalue weighted by Gasteiger charge is -2.12. The van der Waals surface area contributed by atoms with Crippen LogP contribution in [0.2, 0.25) is 0 Å². The van der Waals surface area contributed by atoms with Crippen LogP contribution in [0.1, 0.15) is 24.5 Å². The van der Waals surface area contributed by atoms with Crippen LogP contribution in [-0.4, -0.2) is 24.7 Å². The molecular formula is C11H14F2N2O3. The monoisotopic (exact) mass is 260 g/mol. The van der Waals surface area contributed by atoms with Gasteiger partial charge in [-0.25, -0.2) is 8.78 Å². The first-order valence-corrected chi connectivity index (χ1v) is 5.26. The summed E-state index contributed by atoms with van der Waals surface area (Å²) in [5.41, 5.74) is 5.10. The van der Waals surface area contributed by atoms with E-state index in [2.05, 4.69) is 4.98 Å². The third-order valence-electron chi connectivity index (χ3n) is 2.18. The molecule has 1 aromatic rings. The number of carbonyl (C=O) groups is 1. The van der Waals surface area contributed by atoms with Crippen LogP contribution in [0.4, 0.5) is 14.6 Å². The average molecular weight is 260 g/mol. The Bertz CT molecular complexity index is 439. The Morgan fingerprint density at radius 1 is 1.56 bits per heavy atom. The Morgan fingerprint density at radius 2 is 2.22 bits per heavy atom. The normalized spacial score (nSPS) is 10.5.